The number of pyridine rings is 1. The van der Waals surface area contributed by atoms with Crippen molar-refractivity contribution in [3.05, 3.63) is 93.2 Å². The van der Waals surface area contributed by atoms with Gasteiger partial charge in [-0.15, -0.1) is 0 Å². The second-order valence-electron chi connectivity index (χ2n) is 7.65. The number of nitrogens with one attached hydrogen (secondary N) is 1. The number of carbonyl (C=O) groups excluding carboxylic acids is 1. The number of amides is 1. The van der Waals surface area contributed by atoms with Crippen molar-refractivity contribution in [3.8, 4) is 11.3 Å². The van der Waals surface area contributed by atoms with Crippen LogP contribution < -0.4 is 5.32 Å². The molecule has 0 spiro atoms. The van der Waals surface area contributed by atoms with Crippen LogP contribution in [0.5, 0.6) is 0 Å². The van der Waals surface area contributed by atoms with E-state index in [0.717, 1.165) is 49.7 Å². The van der Waals surface area contributed by atoms with Crippen molar-refractivity contribution in [3.63, 3.8) is 0 Å². The molecule has 1 heterocycles. The summed E-state index contributed by atoms with van der Waals surface area (Å²) in [5, 5.41) is 3.88. The summed E-state index contributed by atoms with van der Waals surface area (Å²) in [5.41, 5.74) is 6.59. The summed E-state index contributed by atoms with van der Waals surface area (Å²) < 4.78 is 14.4. The molecule has 31 heavy (non-hydrogen) atoms. The Morgan fingerprint density at radius 3 is 2.48 bits per heavy atom. The Hall–Kier alpha value is -3.05. The lowest BCUT2D eigenvalue weighted by atomic mass is 9.99. The predicted molar refractivity (Wildman–Crippen MR) is 128 cm³/mol. The lowest BCUT2D eigenvalue weighted by molar-refractivity contribution is 0.102. The number of rotatable bonds is 4. The van der Waals surface area contributed by atoms with Crippen LogP contribution in [0.4, 0.5) is 10.1 Å². The van der Waals surface area contributed by atoms with Crippen molar-refractivity contribution < 1.29 is 9.18 Å². The zero-order valence-corrected chi connectivity index (χ0v) is 19.2. The summed E-state index contributed by atoms with van der Waals surface area (Å²) in [6.45, 7) is 6.05. The molecule has 0 unspecified atom stereocenters. The molecule has 0 bridgehead atoms. The molecule has 0 saturated heterocycles. The fourth-order valence-corrected chi connectivity index (χ4v) is 4.21. The first-order chi connectivity index (χ1) is 14.9. The maximum absolute atomic E-state index is 13.4. The molecule has 0 aliphatic heterocycles. The Morgan fingerprint density at radius 1 is 1.03 bits per heavy atom. The van der Waals surface area contributed by atoms with Crippen molar-refractivity contribution in [2.45, 2.75) is 27.2 Å². The van der Waals surface area contributed by atoms with Crippen LogP contribution in [-0.2, 0) is 6.42 Å². The van der Waals surface area contributed by atoms with Crippen LogP contribution in [-0.4, -0.2) is 10.9 Å². The van der Waals surface area contributed by atoms with Gasteiger partial charge in [0.25, 0.3) is 5.91 Å². The van der Waals surface area contributed by atoms with Crippen molar-refractivity contribution >= 4 is 38.4 Å². The number of aromatic nitrogens is 1. The molecule has 3 nitrogen and oxygen atoms in total. The minimum Gasteiger partial charge on any atom is -0.322 e. The Balaban J connectivity index is 1.87. The number of halogens is 2. The van der Waals surface area contributed by atoms with E-state index in [9.17, 15) is 9.18 Å². The van der Waals surface area contributed by atoms with Crippen molar-refractivity contribution in [1.29, 1.82) is 0 Å². The van der Waals surface area contributed by atoms with Gasteiger partial charge >= 0.3 is 0 Å². The molecule has 0 radical (unpaired) electrons. The van der Waals surface area contributed by atoms with E-state index >= 15 is 0 Å². The Bertz CT molecular complexity index is 1300. The van der Waals surface area contributed by atoms with Crippen molar-refractivity contribution in [2.24, 2.45) is 0 Å². The maximum Gasteiger partial charge on any atom is 0.256 e. The molecule has 0 aliphatic carbocycles. The smallest absolute Gasteiger partial charge is 0.256 e. The molecule has 1 aromatic heterocycles. The van der Waals surface area contributed by atoms with E-state index in [2.05, 4.69) is 34.2 Å². The van der Waals surface area contributed by atoms with Gasteiger partial charge in [-0.3, -0.25) is 4.79 Å². The standard InChI is InChI=1S/C26H22BrFN2O/c1-4-17-13-19(27)7-10-23(17)30-26(31)22-14-24(18-5-8-20(28)9-6-18)29-25-16(3)11-15(2)12-21(22)25/h5-14H,4H2,1-3H3,(H,30,31). The van der Waals surface area contributed by atoms with E-state index in [0.29, 0.717) is 11.3 Å². The molecule has 3 aromatic carbocycles. The normalized spacial score (nSPS) is 11.0. The number of aryl methyl sites for hydroxylation is 3. The van der Waals surface area contributed by atoms with Gasteiger partial charge in [0.15, 0.2) is 0 Å². The van der Waals surface area contributed by atoms with Gasteiger partial charge in [-0.25, -0.2) is 9.37 Å². The molecule has 0 aliphatic rings. The zero-order chi connectivity index (χ0) is 22.1. The van der Waals surface area contributed by atoms with Gasteiger partial charge in [-0.2, -0.15) is 0 Å². The van der Waals surface area contributed by atoms with Gasteiger partial charge in [0.05, 0.1) is 16.8 Å². The van der Waals surface area contributed by atoms with E-state index < -0.39 is 0 Å². The molecule has 0 atom stereocenters. The molecular weight excluding hydrogens is 455 g/mol. The highest BCUT2D eigenvalue weighted by Crippen LogP contribution is 2.29. The predicted octanol–water partition coefficient (Wildman–Crippen LogP) is 7.23. The summed E-state index contributed by atoms with van der Waals surface area (Å²) in [4.78, 5) is 18.2. The van der Waals surface area contributed by atoms with Crippen LogP contribution in [0.2, 0.25) is 0 Å². The summed E-state index contributed by atoms with van der Waals surface area (Å²) in [6.07, 6.45) is 0.797. The van der Waals surface area contributed by atoms with E-state index in [1.165, 1.54) is 12.1 Å². The third-order valence-corrected chi connectivity index (χ3v) is 5.82. The lowest BCUT2D eigenvalue weighted by Gasteiger charge is -2.14. The number of hydrogen-bond acceptors (Lipinski definition) is 2. The van der Waals surface area contributed by atoms with Crippen LogP contribution in [0, 0.1) is 19.7 Å². The number of carbonyl (C=O) groups is 1. The zero-order valence-electron chi connectivity index (χ0n) is 17.6. The first kappa shape index (κ1) is 21.2. The summed E-state index contributed by atoms with van der Waals surface area (Å²) in [5.74, 6) is -0.505. The second-order valence-corrected chi connectivity index (χ2v) is 8.56. The van der Waals surface area contributed by atoms with Gasteiger partial charge in [-0.1, -0.05) is 34.5 Å². The largest absolute Gasteiger partial charge is 0.322 e. The molecule has 156 valence electrons. The molecule has 4 rings (SSSR count). The fourth-order valence-electron chi connectivity index (χ4n) is 3.80. The number of anilines is 1. The average molecular weight is 477 g/mol. The molecular formula is C26H22BrFN2O. The van der Waals surface area contributed by atoms with Gasteiger partial charge in [0.2, 0.25) is 0 Å². The molecule has 0 fully saturated rings. The highest BCUT2D eigenvalue weighted by Gasteiger charge is 2.17. The van der Waals surface area contributed by atoms with Gasteiger partial charge in [0, 0.05) is 21.1 Å². The van der Waals surface area contributed by atoms with E-state index in [-0.39, 0.29) is 11.7 Å². The van der Waals surface area contributed by atoms with Crippen molar-refractivity contribution in [2.75, 3.05) is 5.32 Å². The fraction of sp³-hybridized carbons (Fsp3) is 0.154. The topological polar surface area (TPSA) is 42.0 Å². The number of fused-ring (bicyclic) bond motifs is 1. The maximum atomic E-state index is 13.4. The van der Waals surface area contributed by atoms with Gasteiger partial charge < -0.3 is 5.32 Å². The lowest BCUT2D eigenvalue weighted by Crippen LogP contribution is -2.14. The van der Waals surface area contributed by atoms with E-state index in [1.807, 2.05) is 38.1 Å². The third kappa shape index (κ3) is 4.37. The van der Waals surface area contributed by atoms with E-state index in [4.69, 9.17) is 4.98 Å². The number of nitrogens with zero attached hydrogens (tertiary/aromatic N) is 1. The summed E-state index contributed by atoms with van der Waals surface area (Å²) in [7, 11) is 0. The van der Waals surface area contributed by atoms with E-state index in [1.54, 1.807) is 18.2 Å². The average Bonchev–Trinajstić information content (AvgIpc) is 2.75. The second kappa shape index (κ2) is 8.60. The summed E-state index contributed by atoms with van der Waals surface area (Å²) in [6, 6.07) is 17.8. The molecule has 1 amide bonds. The van der Waals surface area contributed by atoms with Crippen molar-refractivity contribution in [1.82, 2.24) is 4.98 Å². The Morgan fingerprint density at radius 2 is 1.77 bits per heavy atom. The SMILES string of the molecule is CCc1cc(Br)ccc1NC(=O)c1cc(-c2ccc(F)cc2)nc2c(C)cc(C)cc12. The first-order valence-electron chi connectivity index (χ1n) is 10.1. The molecule has 0 saturated carbocycles. The highest BCUT2D eigenvalue weighted by molar-refractivity contribution is 9.10. The number of hydrogen-bond donors (Lipinski definition) is 1. The molecule has 5 heteroatoms. The van der Waals surface area contributed by atoms with Crippen LogP contribution in [0.15, 0.2) is 65.1 Å². The Labute approximate surface area is 189 Å². The van der Waals surface area contributed by atoms with Crippen LogP contribution in [0.1, 0.15) is 34.0 Å². The van der Waals surface area contributed by atoms with Gasteiger partial charge in [-0.05, 0) is 86.0 Å². The van der Waals surface area contributed by atoms with Crippen LogP contribution in [0.25, 0.3) is 22.2 Å². The third-order valence-electron chi connectivity index (χ3n) is 5.33. The van der Waals surface area contributed by atoms with Crippen LogP contribution in [0.3, 0.4) is 0 Å². The highest BCUT2D eigenvalue weighted by atomic mass is 79.9. The first-order valence-corrected chi connectivity index (χ1v) is 10.9. The van der Waals surface area contributed by atoms with Crippen LogP contribution >= 0.6 is 15.9 Å². The monoisotopic (exact) mass is 476 g/mol. The Kier molecular flexibility index (Phi) is 5.88. The summed E-state index contributed by atoms with van der Waals surface area (Å²) >= 11 is 3.49. The number of benzene rings is 3. The minimum atomic E-state index is -0.309. The quantitative estimate of drug-likeness (QED) is 0.337. The molecule has 4 aromatic rings. The molecule has 1 N–H and O–H groups in total. The van der Waals surface area contributed by atoms with Gasteiger partial charge in [0.1, 0.15) is 5.82 Å². The minimum absolute atomic E-state index is 0.196.